The van der Waals surface area contributed by atoms with Crippen LogP contribution >= 0.6 is 0 Å². The number of hydrogen-bond donors (Lipinski definition) is 0. The molecule has 1 saturated carbocycles. The smallest absolute Gasteiger partial charge is 0.219 e. The summed E-state index contributed by atoms with van der Waals surface area (Å²) in [7, 11) is 3.56. The van der Waals surface area contributed by atoms with Gasteiger partial charge < -0.3 is 9.47 Å². The van der Waals surface area contributed by atoms with Gasteiger partial charge in [-0.3, -0.25) is 9.48 Å². The number of nitrogens with zero attached hydrogens (tertiary/aromatic N) is 3. The van der Waals surface area contributed by atoms with E-state index in [0.29, 0.717) is 18.2 Å². The number of hydrogen-bond acceptors (Lipinski definition) is 5. The average Bonchev–Trinajstić information content (AvgIpc) is 3.53. The number of ether oxygens (including phenoxy) is 2. The molecule has 0 radical (unpaired) electrons. The SMILES string of the molecule is COc1ccc([C@H](C)CC(=O)COc2nc3c(c(C4CC4)nn3C)c(C)c2C)cc1. The molecule has 1 aliphatic carbocycles. The zero-order valence-corrected chi connectivity index (χ0v) is 18.4. The largest absolute Gasteiger partial charge is 0.497 e. The molecule has 30 heavy (non-hydrogen) atoms. The van der Waals surface area contributed by atoms with Gasteiger partial charge >= 0.3 is 0 Å². The van der Waals surface area contributed by atoms with E-state index in [2.05, 4.69) is 13.8 Å². The number of benzene rings is 1. The van der Waals surface area contributed by atoms with E-state index in [1.807, 2.05) is 42.9 Å². The van der Waals surface area contributed by atoms with Crippen molar-refractivity contribution in [3.8, 4) is 11.6 Å². The third kappa shape index (κ3) is 3.91. The molecule has 0 bridgehead atoms. The molecule has 1 aliphatic rings. The summed E-state index contributed by atoms with van der Waals surface area (Å²) in [4.78, 5) is 17.3. The van der Waals surface area contributed by atoms with E-state index in [0.717, 1.165) is 39.2 Å². The first kappa shape index (κ1) is 20.4. The zero-order chi connectivity index (χ0) is 21.4. The molecule has 2 heterocycles. The van der Waals surface area contributed by atoms with Gasteiger partial charge in [-0.1, -0.05) is 19.1 Å². The number of methoxy groups -OCH3 is 1. The molecule has 1 atom stereocenters. The molecular formula is C24H29N3O3. The first-order valence-corrected chi connectivity index (χ1v) is 10.5. The van der Waals surface area contributed by atoms with Gasteiger partial charge in [-0.25, -0.2) is 0 Å². The summed E-state index contributed by atoms with van der Waals surface area (Å²) in [6.07, 6.45) is 2.82. The highest BCUT2D eigenvalue weighted by molar-refractivity contribution is 5.85. The number of pyridine rings is 1. The molecule has 0 spiro atoms. The maximum Gasteiger partial charge on any atom is 0.219 e. The van der Waals surface area contributed by atoms with Crippen molar-refractivity contribution < 1.29 is 14.3 Å². The molecule has 0 N–H and O–H groups in total. The number of carbonyl (C=O) groups excluding carboxylic acids is 1. The van der Waals surface area contributed by atoms with Crippen molar-refractivity contribution in [2.75, 3.05) is 13.7 Å². The second kappa shape index (κ2) is 8.09. The molecule has 1 aromatic carbocycles. The van der Waals surface area contributed by atoms with Crippen molar-refractivity contribution in [3.05, 3.63) is 46.6 Å². The molecule has 1 fully saturated rings. The minimum atomic E-state index is 0.0205. The fraction of sp³-hybridized carbons (Fsp3) is 0.458. The summed E-state index contributed by atoms with van der Waals surface area (Å²) in [5.41, 5.74) is 5.21. The Labute approximate surface area is 177 Å². The van der Waals surface area contributed by atoms with Gasteiger partial charge in [0.05, 0.1) is 12.8 Å². The van der Waals surface area contributed by atoms with Crippen LogP contribution in [-0.2, 0) is 11.8 Å². The van der Waals surface area contributed by atoms with E-state index >= 15 is 0 Å². The third-order valence-electron chi connectivity index (χ3n) is 6.06. The molecule has 6 heteroatoms. The molecule has 6 nitrogen and oxygen atoms in total. The first-order chi connectivity index (χ1) is 14.4. The van der Waals surface area contributed by atoms with E-state index < -0.39 is 0 Å². The topological polar surface area (TPSA) is 66.2 Å². The summed E-state index contributed by atoms with van der Waals surface area (Å²) in [6, 6.07) is 7.84. The fourth-order valence-electron chi connectivity index (χ4n) is 3.93. The second-order valence-corrected chi connectivity index (χ2v) is 8.35. The minimum Gasteiger partial charge on any atom is -0.497 e. The quantitative estimate of drug-likeness (QED) is 0.545. The number of rotatable bonds is 8. The van der Waals surface area contributed by atoms with Gasteiger partial charge in [-0.2, -0.15) is 10.1 Å². The lowest BCUT2D eigenvalue weighted by Gasteiger charge is -2.14. The van der Waals surface area contributed by atoms with Gasteiger partial charge in [0.25, 0.3) is 0 Å². The Balaban J connectivity index is 1.45. The van der Waals surface area contributed by atoms with Gasteiger partial charge in [0.1, 0.15) is 12.4 Å². The minimum absolute atomic E-state index is 0.0205. The van der Waals surface area contributed by atoms with Gasteiger partial charge in [0.2, 0.25) is 5.88 Å². The van der Waals surface area contributed by atoms with E-state index in [9.17, 15) is 4.79 Å². The Morgan fingerprint density at radius 3 is 2.53 bits per heavy atom. The van der Waals surface area contributed by atoms with Crippen LogP contribution in [-0.4, -0.2) is 34.3 Å². The second-order valence-electron chi connectivity index (χ2n) is 8.35. The highest BCUT2D eigenvalue weighted by Crippen LogP contribution is 2.43. The Kier molecular flexibility index (Phi) is 5.50. The van der Waals surface area contributed by atoms with Crippen LogP contribution in [0.4, 0.5) is 0 Å². The van der Waals surface area contributed by atoms with Gasteiger partial charge in [0.15, 0.2) is 11.4 Å². The van der Waals surface area contributed by atoms with Crippen molar-refractivity contribution >= 4 is 16.8 Å². The molecule has 0 unspecified atom stereocenters. The predicted octanol–water partition coefficient (Wildman–Crippen LogP) is 4.61. The van der Waals surface area contributed by atoms with E-state index in [4.69, 9.17) is 19.6 Å². The molecule has 0 aliphatic heterocycles. The van der Waals surface area contributed by atoms with E-state index in [1.54, 1.807) is 7.11 Å². The first-order valence-electron chi connectivity index (χ1n) is 10.5. The van der Waals surface area contributed by atoms with Gasteiger partial charge in [-0.05, 0) is 55.9 Å². The maximum absolute atomic E-state index is 12.6. The van der Waals surface area contributed by atoms with E-state index in [1.165, 1.54) is 12.8 Å². The van der Waals surface area contributed by atoms with Crippen LogP contribution in [0.5, 0.6) is 11.6 Å². The van der Waals surface area contributed by atoms with Crippen molar-refractivity contribution in [3.63, 3.8) is 0 Å². The number of aryl methyl sites for hydroxylation is 2. The fourth-order valence-corrected chi connectivity index (χ4v) is 3.93. The van der Waals surface area contributed by atoms with Crippen LogP contribution in [0.3, 0.4) is 0 Å². The Bertz CT molecular complexity index is 1080. The lowest BCUT2D eigenvalue weighted by molar-refractivity contribution is -0.121. The van der Waals surface area contributed by atoms with Crippen molar-refractivity contribution in [1.82, 2.24) is 14.8 Å². The number of aromatic nitrogens is 3. The normalized spacial score (nSPS) is 14.7. The molecule has 0 saturated heterocycles. The number of fused-ring (bicyclic) bond motifs is 1. The lowest BCUT2D eigenvalue weighted by atomic mass is 9.96. The van der Waals surface area contributed by atoms with Crippen LogP contribution in [0.15, 0.2) is 24.3 Å². The molecular weight excluding hydrogens is 378 g/mol. The third-order valence-corrected chi connectivity index (χ3v) is 6.06. The highest BCUT2D eigenvalue weighted by Gasteiger charge is 2.30. The van der Waals surface area contributed by atoms with Crippen LogP contribution in [0.1, 0.15) is 60.4 Å². The van der Waals surface area contributed by atoms with Crippen LogP contribution in [0.25, 0.3) is 11.0 Å². The maximum atomic E-state index is 12.6. The average molecular weight is 408 g/mol. The predicted molar refractivity (Wildman–Crippen MR) is 116 cm³/mol. The Morgan fingerprint density at radius 1 is 1.20 bits per heavy atom. The summed E-state index contributed by atoms with van der Waals surface area (Å²) < 4.78 is 12.9. The van der Waals surface area contributed by atoms with E-state index in [-0.39, 0.29) is 18.3 Å². The highest BCUT2D eigenvalue weighted by atomic mass is 16.5. The molecule has 4 rings (SSSR count). The summed E-state index contributed by atoms with van der Waals surface area (Å²) in [5, 5.41) is 5.84. The summed E-state index contributed by atoms with van der Waals surface area (Å²) in [5.74, 6) is 2.06. The molecule has 2 aromatic heterocycles. The zero-order valence-electron chi connectivity index (χ0n) is 18.4. The lowest BCUT2D eigenvalue weighted by Crippen LogP contribution is -2.15. The monoisotopic (exact) mass is 407 g/mol. The van der Waals surface area contributed by atoms with Crippen LogP contribution < -0.4 is 9.47 Å². The van der Waals surface area contributed by atoms with Gasteiger partial charge in [-0.15, -0.1) is 0 Å². The Morgan fingerprint density at radius 2 is 1.90 bits per heavy atom. The van der Waals surface area contributed by atoms with Gasteiger partial charge in [0, 0.05) is 30.3 Å². The van der Waals surface area contributed by atoms with Crippen LogP contribution in [0, 0.1) is 13.8 Å². The summed E-state index contributed by atoms with van der Waals surface area (Å²) in [6.45, 7) is 6.17. The number of carbonyl (C=O) groups is 1. The standard InChI is InChI=1S/C24H29N3O3/c1-14(17-8-10-20(29-5)11-9-17)12-19(28)13-30-24-16(3)15(2)21-22(18-6-7-18)26-27(4)23(21)25-24/h8-11,14,18H,6-7,12-13H2,1-5H3/t14-/m1/s1. The molecule has 158 valence electrons. The van der Waals surface area contributed by atoms with Crippen molar-refractivity contribution in [1.29, 1.82) is 0 Å². The number of Topliss-reactive ketones (excluding diaryl/α,β-unsaturated/α-hetero) is 1. The van der Waals surface area contributed by atoms with Crippen molar-refractivity contribution in [2.45, 2.75) is 51.9 Å². The Hall–Kier alpha value is -2.89. The van der Waals surface area contributed by atoms with Crippen LogP contribution in [0.2, 0.25) is 0 Å². The number of ketones is 1. The summed E-state index contributed by atoms with van der Waals surface area (Å²) >= 11 is 0. The molecule has 3 aromatic rings. The molecule has 0 amide bonds. The van der Waals surface area contributed by atoms with Crippen molar-refractivity contribution in [2.24, 2.45) is 7.05 Å².